The van der Waals surface area contributed by atoms with Gasteiger partial charge in [-0.05, 0) is 25.5 Å². The molecule has 0 aliphatic carbocycles. The van der Waals surface area contributed by atoms with E-state index < -0.39 is 0 Å². The molecule has 94 valence electrons. The number of carbonyl (C=O) groups excluding carboxylic acids is 1. The first-order valence-corrected chi connectivity index (χ1v) is 5.52. The van der Waals surface area contributed by atoms with Gasteiger partial charge in [0.25, 0.3) is 5.91 Å². The Morgan fingerprint density at radius 3 is 2.83 bits per heavy atom. The smallest absolute Gasteiger partial charge is 0.264 e. The highest BCUT2D eigenvalue weighted by atomic mass is 16.5. The maximum absolute atomic E-state index is 11.6. The van der Waals surface area contributed by atoms with Crippen molar-refractivity contribution in [2.45, 2.75) is 13.8 Å². The van der Waals surface area contributed by atoms with E-state index in [9.17, 15) is 4.79 Å². The Hall–Kier alpha value is -2.37. The quantitative estimate of drug-likeness (QED) is 0.855. The lowest BCUT2D eigenvalue weighted by Gasteiger charge is -2.07. The first-order valence-electron chi connectivity index (χ1n) is 5.52. The number of amides is 1. The minimum atomic E-state index is -0.294. The number of aromatic amines is 1. The van der Waals surface area contributed by atoms with Crippen molar-refractivity contribution < 1.29 is 9.53 Å². The highest BCUT2D eigenvalue weighted by Crippen LogP contribution is 2.15. The number of rotatable bonds is 4. The number of hydrogen-bond donors (Lipinski definition) is 2. The zero-order valence-electron chi connectivity index (χ0n) is 10.2. The van der Waals surface area contributed by atoms with Crippen LogP contribution in [0.4, 0.5) is 5.95 Å². The first kappa shape index (κ1) is 12.1. The number of nitrogens with one attached hydrogen (secondary N) is 2. The summed E-state index contributed by atoms with van der Waals surface area (Å²) in [4.78, 5) is 15.5. The number of ether oxygens (including phenoxy) is 1. The van der Waals surface area contributed by atoms with Gasteiger partial charge in [0.1, 0.15) is 11.6 Å². The number of anilines is 1. The van der Waals surface area contributed by atoms with Crippen LogP contribution >= 0.6 is 0 Å². The lowest BCUT2D eigenvalue weighted by molar-refractivity contribution is -0.118. The Labute approximate surface area is 104 Å². The van der Waals surface area contributed by atoms with Crippen LogP contribution in [-0.2, 0) is 4.79 Å². The van der Waals surface area contributed by atoms with Gasteiger partial charge in [0, 0.05) is 0 Å². The fourth-order valence-electron chi connectivity index (χ4n) is 1.42. The van der Waals surface area contributed by atoms with Gasteiger partial charge in [0.15, 0.2) is 6.61 Å². The summed E-state index contributed by atoms with van der Waals surface area (Å²) in [5.41, 5.74) is 0.985. The third-order valence-electron chi connectivity index (χ3n) is 2.30. The van der Waals surface area contributed by atoms with Crippen LogP contribution in [0.1, 0.15) is 11.4 Å². The zero-order chi connectivity index (χ0) is 13.0. The molecule has 0 saturated heterocycles. The van der Waals surface area contributed by atoms with Crippen molar-refractivity contribution in [3.63, 3.8) is 0 Å². The van der Waals surface area contributed by atoms with E-state index in [1.54, 1.807) is 6.92 Å². The number of nitrogens with zero attached hydrogens (tertiary/aromatic N) is 2. The van der Waals surface area contributed by atoms with Crippen LogP contribution in [0.5, 0.6) is 5.75 Å². The van der Waals surface area contributed by atoms with E-state index in [0.717, 1.165) is 5.56 Å². The molecule has 2 aromatic rings. The maximum Gasteiger partial charge on any atom is 0.264 e. The van der Waals surface area contributed by atoms with Crippen LogP contribution in [0.3, 0.4) is 0 Å². The van der Waals surface area contributed by atoms with Crippen molar-refractivity contribution in [3.05, 3.63) is 35.7 Å². The molecule has 0 atom stereocenters. The molecule has 2 rings (SSSR count). The summed E-state index contributed by atoms with van der Waals surface area (Å²) >= 11 is 0. The number of H-pyrrole nitrogens is 1. The van der Waals surface area contributed by atoms with Crippen LogP contribution in [0.2, 0.25) is 0 Å². The minimum absolute atomic E-state index is 0.0710. The summed E-state index contributed by atoms with van der Waals surface area (Å²) < 4.78 is 5.40. The Morgan fingerprint density at radius 1 is 1.39 bits per heavy atom. The second-order valence-corrected chi connectivity index (χ2v) is 3.85. The number of aromatic nitrogens is 3. The predicted octanol–water partition coefficient (Wildman–Crippen LogP) is 1.44. The molecule has 1 aromatic heterocycles. The van der Waals surface area contributed by atoms with Gasteiger partial charge in [-0.15, -0.1) is 5.10 Å². The molecule has 0 unspecified atom stereocenters. The molecule has 2 N–H and O–H groups in total. The Morgan fingerprint density at radius 2 is 2.17 bits per heavy atom. The zero-order valence-corrected chi connectivity index (χ0v) is 10.2. The topological polar surface area (TPSA) is 79.9 Å². The standard InChI is InChI=1S/C12H14N4O2/c1-8-5-3-4-6-10(8)18-7-11(17)14-12-13-9(2)15-16-12/h3-6H,7H2,1-2H3,(H2,13,14,15,16,17). The normalized spacial score (nSPS) is 10.1. The molecule has 1 heterocycles. The summed E-state index contributed by atoms with van der Waals surface area (Å²) in [5.74, 6) is 1.30. The monoisotopic (exact) mass is 246 g/mol. The second kappa shape index (κ2) is 5.31. The van der Waals surface area contributed by atoms with E-state index in [1.165, 1.54) is 0 Å². The molecule has 0 radical (unpaired) electrons. The van der Waals surface area contributed by atoms with Crippen LogP contribution in [0.25, 0.3) is 0 Å². The molecule has 0 saturated carbocycles. The van der Waals surface area contributed by atoms with Crippen LogP contribution < -0.4 is 10.1 Å². The van der Waals surface area contributed by atoms with Gasteiger partial charge in [-0.1, -0.05) is 18.2 Å². The van der Waals surface area contributed by atoms with Gasteiger partial charge in [-0.2, -0.15) is 4.98 Å². The molecule has 1 amide bonds. The molecule has 6 heteroatoms. The second-order valence-electron chi connectivity index (χ2n) is 3.85. The highest BCUT2D eigenvalue weighted by molar-refractivity contribution is 5.90. The maximum atomic E-state index is 11.6. The first-order chi connectivity index (χ1) is 8.65. The number of benzene rings is 1. The average molecular weight is 246 g/mol. The van der Waals surface area contributed by atoms with Gasteiger partial charge >= 0.3 is 0 Å². The largest absolute Gasteiger partial charge is 0.483 e. The third-order valence-corrected chi connectivity index (χ3v) is 2.30. The highest BCUT2D eigenvalue weighted by Gasteiger charge is 2.07. The van der Waals surface area contributed by atoms with Crippen LogP contribution in [-0.4, -0.2) is 27.7 Å². The molecule has 6 nitrogen and oxygen atoms in total. The predicted molar refractivity (Wildman–Crippen MR) is 66.4 cm³/mol. The lowest BCUT2D eigenvalue weighted by Crippen LogP contribution is -2.21. The van der Waals surface area contributed by atoms with Crippen LogP contribution in [0, 0.1) is 13.8 Å². The summed E-state index contributed by atoms with van der Waals surface area (Å²) in [5, 5.41) is 8.98. The molecule has 0 aliphatic heterocycles. The van der Waals surface area contributed by atoms with Gasteiger partial charge in [0.2, 0.25) is 5.95 Å². The van der Waals surface area contributed by atoms with Gasteiger partial charge < -0.3 is 4.74 Å². The number of aryl methyl sites for hydroxylation is 2. The number of para-hydroxylation sites is 1. The van der Waals surface area contributed by atoms with Crippen molar-refractivity contribution in [1.29, 1.82) is 0 Å². The van der Waals surface area contributed by atoms with Crippen molar-refractivity contribution in [2.24, 2.45) is 0 Å². The minimum Gasteiger partial charge on any atom is -0.483 e. The molecule has 18 heavy (non-hydrogen) atoms. The summed E-state index contributed by atoms with van der Waals surface area (Å²) in [7, 11) is 0. The molecular formula is C12H14N4O2. The molecule has 0 spiro atoms. The molecule has 0 fully saturated rings. The van der Waals surface area contributed by atoms with E-state index in [0.29, 0.717) is 11.6 Å². The Balaban J connectivity index is 1.87. The van der Waals surface area contributed by atoms with Crippen molar-refractivity contribution in [3.8, 4) is 5.75 Å². The van der Waals surface area contributed by atoms with Crippen molar-refractivity contribution in [2.75, 3.05) is 11.9 Å². The van der Waals surface area contributed by atoms with Crippen molar-refractivity contribution >= 4 is 11.9 Å². The average Bonchev–Trinajstić information content (AvgIpc) is 2.74. The molecular weight excluding hydrogens is 232 g/mol. The third kappa shape index (κ3) is 3.07. The van der Waals surface area contributed by atoms with E-state index >= 15 is 0 Å². The molecule has 0 bridgehead atoms. The summed E-state index contributed by atoms with van der Waals surface area (Å²) in [6.07, 6.45) is 0. The van der Waals surface area contributed by atoms with Crippen molar-refractivity contribution in [1.82, 2.24) is 15.2 Å². The Bertz CT molecular complexity index is 551. The van der Waals surface area contributed by atoms with E-state index in [1.807, 2.05) is 31.2 Å². The molecule has 0 aliphatic rings. The van der Waals surface area contributed by atoms with E-state index in [-0.39, 0.29) is 18.5 Å². The van der Waals surface area contributed by atoms with Gasteiger partial charge in [-0.25, -0.2) is 0 Å². The van der Waals surface area contributed by atoms with Crippen LogP contribution in [0.15, 0.2) is 24.3 Å². The van der Waals surface area contributed by atoms with E-state index in [2.05, 4.69) is 20.5 Å². The molecule has 1 aromatic carbocycles. The summed E-state index contributed by atoms with van der Waals surface area (Å²) in [6, 6.07) is 7.52. The van der Waals surface area contributed by atoms with Gasteiger partial charge in [-0.3, -0.25) is 15.2 Å². The fourth-order valence-corrected chi connectivity index (χ4v) is 1.42. The fraction of sp³-hybridized carbons (Fsp3) is 0.250. The number of carbonyl (C=O) groups is 1. The van der Waals surface area contributed by atoms with Gasteiger partial charge in [0.05, 0.1) is 0 Å². The Kier molecular flexibility index (Phi) is 3.57. The summed E-state index contributed by atoms with van der Waals surface area (Å²) in [6.45, 7) is 3.61. The number of hydrogen-bond acceptors (Lipinski definition) is 4. The lowest BCUT2D eigenvalue weighted by atomic mass is 10.2. The van der Waals surface area contributed by atoms with E-state index in [4.69, 9.17) is 4.74 Å². The SMILES string of the molecule is Cc1nc(NC(=O)COc2ccccc2C)n[nH]1.